The average molecular weight is 359 g/mol. The van der Waals surface area contributed by atoms with Gasteiger partial charge >= 0.3 is 0 Å². The highest BCUT2D eigenvalue weighted by atomic mass is 16.3. The van der Waals surface area contributed by atoms with Crippen LogP contribution in [0.2, 0.25) is 0 Å². The highest BCUT2D eigenvalue weighted by molar-refractivity contribution is 5.91. The number of hydrogen-bond donors (Lipinski definition) is 1. The van der Waals surface area contributed by atoms with Gasteiger partial charge in [0.2, 0.25) is 0 Å². The summed E-state index contributed by atoms with van der Waals surface area (Å²) in [5, 5.41) is 10.9. The van der Waals surface area contributed by atoms with Crippen LogP contribution in [0.25, 0.3) is 0 Å². The molecule has 3 nitrogen and oxygen atoms in total. The van der Waals surface area contributed by atoms with Gasteiger partial charge in [-0.1, -0.05) is 27.2 Å². The first kappa shape index (κ1) is 18.4. The van der Waals surface area contributed by atoms with Crippen molar-refractivity contribution in [1.29, 1.82) is 0 Å². The van der Waals surface area contributed by atoms with Crippen molar-refractivity contribution in [1.82, 2.24) is 0 Å². The molecule has 0 spiro atoms. The number of ketones is 2. The molecular formula is C23H34O3. The number of aliphatic hydroxyl groups excluding tert-OH is 1. The molecule has 4 rings (SSSR count). The molecule has 0 radical (unpaired) electrons. The second kappa shape index (κ2) is 6.02. The lowest BCUT2D eigenvalue weighted by molar-refractivity contribution is -0.131. The predicted octanol–water partition coefficient (Wildman–Crippen LogP) is 4.33. The number of aliphatic hydroxyl groups is 1. The Kier molecular flexibility index (Phi) is 4.26. The van der Waals surface area contributed by atoms with E-state index >= 15 is 0 Å². The summed E-state index contributed by atoms with van der Waals surface area (Å²) in [6, 6.07) is 0. The number of carbonyl (C=O) groups is 2. The topological polar surface area (TPSA) is 54.4 Å². The molecule has 3 fully saturated rings. The summed E-state index contributed by atoms with van der Waals surface area (Å²) in [6.45, 7) is 8.67. The van der Waals surface area contributed by atoms with Crippen LogP contribution in [0.3, 0.4) is 0 Å². The highest BCUT2D eigenvalue weighted by Gasteiger charge is 2.63. The van der Waals surface area contributed by atoms with Gasteiger partial charge in [-0.25, -0.2) is 0 Å². The fourth-order valence-corrected chi connectivity index (χ4v) is 7.98. The molecule has 3 heteroatoms. The van der Waals surface area contributed by atoms with Gasteiger partial charge in [0.15, 0.2) is 5.78 Å². The zero-order valence-electron chi connectivity index (χ0n) is 16.8. The quantitative estimate of drug-likeness (QED) is 0.799. The second-order valence-corrected chi connectivity index (χ2v) is 10.1. The third-order valence-corrected chi connectivity index (χ3v) is 9.12. The molecule has 4 aliphatic carbocycles. The summed E-state index contributed by atoms with van der Waals surface area (Å²) >= 11 is 0. The number of hydrogen-bond acceptors (Lipinski definition) is 3. The molecule has 0 aromatic rings. The largest absolute Gasteiger partial charge is 0.389 e. The molecule has 0 amide bonds. The summed E-state index contributed by atoms with van der Waals surface area (Å²) in [5.41, 5.74) is 1.06. The van der Waals surface area contributed by atoms with Gasteiger partial charge in [-0.05, 0) is 85.2 Å². The fraction of sp³-hybridized carbons (Fsp3) is 0.826. The van der Waals surface area contributed by atoms with Crippen LogP contribution in [0.1, 0.15) is 72.6 Å². The van der Waals surface area contributed by atoms with Gasteiger partial charge < -0.3 is 5.11 Å². The number of Topliss-reactive ketones (excluding diaryl/α,β-unsaturated/α-hetero) is 1. The summed E-state index contributed by atoms with van der Waals surface area (Å²) in [5.74, 6) is 2.80. The van der Waals surface area contributed by atoms with Crippen LogP contribution in [-0.2, 0) is 9.59 Å². The minimum atomic E-state index is -0.482. The highest BCUT2D eigenvalue weighted by Crippen LogP contribution is 2.68. The van der Waals surface area contributed by atoms with E-state index < -0.39 is 6.10 Å². The number of rotatable bonds is 2. The Morgan fingerprint density at radius 2 is 1.96 bits per heavy atom. The van der Waals surface area contributed by atoms with Gasteiger partial charge in [0.1, 0.15) is 5.78 Å². The zero-order valence-corrected chi connectivity index (χ0v) is 16.8. The second-order valence-electron chi connectivity index (χ2n) is 10.1. The van der Waals surface area contributed by atoms with Crippen molar-refractivity contribution >= 4 is 11.6 Å². The lowest BCUT2D eigenvalue weighted by Gasteiger charge is -2.59. The maximum atomic E-state index is 12.5. The van der Waals surface area contributed by atoms with E-state index in [2.05, 4.69) is 20.8 Å². The summed E-state index contributed by atoms with van der Waals surface area (Å²) in [6.07, 6.45) is 8.02. The molecule has 0 heterocycles. The minimum Gasteiger partial charge on any atom is -0.389 e. The first-order valence-corrected chi connectivity index (χ1v) is 10.7. The van der Waals surface area contributed by atoms with E-state index in [0.717, 1.165) is 44.1 Å². The molecule has 8 unspecified atom stereocenters. The van der Waals surface area contributed by atoms with Crippen molar-refractivity contribution in [3.8, 4) is 0 Å². The van der Waals surface area contributed by atoms with E-state index in [9.17, 15) is 14.7 Å². The molecule has 8 atom stereocenters. The van der Waals surface area contributed by atoms with Gasteiger partial charge in [-0.15, -0.1) is 0 Å². The number of carbonyl (C=O) groups excluding carboxylic acids is 2. The van der Waals surface area contributed by atoms with E-state index in [1.54, 1.807) is 13.0 Å². The number of fused-ring (bicyclic) bond motifs is 5. The molecule has 4 aliphatic rings. The summed E-state index contributed by atoms with van der Waals surface area (Å²) in [7, 11) is 0. The Morgan fingerprint density at radius 1 is 1.23 bits per heavy atom. The van der Waals surface area contributed by atoms with Crippen molar-refractivity contribution in [2.24, 2.45) is 40.4 Å². The van der Waals surface area contributed by atoms with E-state index in [1.165, 1.54) is 0 Å². The zero-order chi connectivity index (χ0) is 18.9. The maximum Gasteiger partial charge on any atom is 0.155 e. The van der Waals surface area contributed by atoms with Crippen LogP contribution in [0.15, 0.2) is 11.6 Å². The van der Waals surface area contributed by atoms with Gasteiger partial charge in [0, 0.05) is 12.3 Å². The third kappa shape index (κ3) is 2.35. The SMILES string of the molecule is CCC1CC2C3CC(O)C4=CC(=O)CCC4(C)C3CCC2(C)C1C(C)=O. The van der Waals surface area contributed by atoms with Gasteiger partial charge in [-0.3, -0.25) is 9.59 Å². The molecule has 0 aromatic heterocycles. The molecule has 0 bridgehead atoms. The fourth-order valence-electron chi connectivity index (χ4n) is 7.98. The van der Waals surface area contributed by atoms with Crippen molar-refractivity contribution in [3.63, 3.8) is 0 Å². The van der Waals surface area contributed by atoms with Gasteiger partial charge in [-0.2, -0.15) is 0 Å². The van der Waals surface area contributed by atoms with Crippen LogP contribution in [0, 0.1) is 40.4 Å². The van der Waals surface area contributed by atoms with E-state index in [-0.39, 0.29) is 22.5 Å². The van der Waals surface area contributed by atoms with Gasteiger partial charge in [0.25, 0.3) is 0 Å². The summed E-state index contributed by atoms with van der Waals surface area (Å²) < 4.78 is 0. The molecule has 144 valence electrons. The lowest BCUT2D eigenvalue weighted by Crippen LogP contribution is -2.54. The molecule has 26 heavy (non-hydrogen) atoms. The monoisotopic (exact) mass is 358 g/mol. The smallest absolute Gasteiger partial charge is 0.155 e. The Bertz CT molecular complexity index is 664. The minimum absolute atomic E-state index is 0.0341. The van der Waals surface area contributed by atoms with Crippen LogP contribution in [0.5, 0.6) is 0 Å². The molecule has 3 saturated carbocycles. The molecule has 0 saturated heterocycles. The van der Waals surface area contributed by atoms with Crippen molar-refractivity contribution in [2.75, 3.05) is 0 Å². The predicted molar refractivity (Wildman–Crippen MR) is 101 cm³/mol. The lowest BCUT2D eigenvalue weighted by atomic mass is 9.46. The standard InChI is InChI=1S/C23H34O3/c1-5-14-10-18-16-12-20(26)19-11-15(25)6-8-22(19,3)17(16)7-9-23(18,4)21(14)13(2)24/h11,14,16-18,20-21,26H,5-10,12H2,1-4H3. The normalized spacial score (nSPS) is 50.5. The van der Waals surface area contributed by atoms with E-state index in [4.69, 9.17) is 0 Å². The van der Waals surface area contributed by atoms with Crippen LogP contribution in [-0.4, -0.2) is 22.8 Å². The van der Waals surface area contributed by atoms with Crippen molar-refractivity contribution < 1.29 is 14.7 Å². The Morgan fingerprint density at radius 3 is 2.62 bits per heavy atom. The molecular weight excluding hydrogens is 324 g/mol. The molecule has 1 N–H and O–H groups in total. The Labute approximate surface area is 157 Å². The van der Waals surface area contributed by atoms with Gasteiger partial charge in [0.05, 0.1) is 6.10 Å². The summed E-state index contributed by atoms with van der Waals surface area (Å²) in [4.78, 5) is 24.5. The molecule has 0 aliphatic heterocycles. The maximum absolute atomic E-state index is 12.5. The van der Waals surface area contributed by atoms with Crippen LogP contribution < -0.4 is 0 Å². The van der Waals surface area contributed by atoms with Crippen LogP contribution in [0.4, 0.5) is 0 Å². The van der Waals surface area contributed by atoms with Crippen molar-refractivity contribution in [2.45, 2.75) is 78.7 Å². The third-order valence-electron chi connectivity index (χ3n) is 9.12. The Hall–Kier alpha value is -0.960. The van der Waals surface area contributed by atoms with Crippen molar-refractivity contribution in [3.05, 3.63) is 11.6 Å². The average Bonchev–Trinajstić information content (AvgIpc) is 2.89. The van der Waals surface area contributed by atoms with Crippen LogP contribution >= 0.6 is 0 Å². The van der Waals surface area contributed by atoms with E-state index in [1.807, 2.05) is 0 Å². The molecule has 0 aromatic carbocycles. The first-order chi connectivity index (χ1) is 12.2. The Balaban J connectivity index is 1.73. The van der Waals surface area contributed by atoms with E-state index in [0.29, 0.717) is 35.9 Å². The first-order valence-electron chi connectivity index (χ1n) is 10.7.